The zero-order chi connectivity index (χ0) is 23.1. The number of imide groups is 1. The largest absolute Gasteiger partial charge is 0.379 e. The van der Waals surface area contributed by atoms with Gasteiger partial charge in [-0.3, -0.25) is 9.59 Å². The van der Waals surface area contributed by atoms with Gasteiger partial charge in [0.15, 0.2) is 0 Å². The van der Waals surface area contributed by atoms with Crippen LogP contribution in [-0.4, -0.2) is 28.0 Å². The fourth-order valence-corrected chi connectivity index (χ4v) is 6.29. The number of benzene rings is 3. The summed E-state index contributed by atoms with van der Waals surface area (Å²) < 4.78 is 0. The molecule has 3 aromatic rings. The van der Waals surface area contributed by atoms with Crippen LogP contribution in [0.15, 0.2) is 66.7 Å². The molecule has 4 aliphatic rings. The van der Waals surface area contributed by atoms with Crippen molar-refractivity contribution in [3.8, 4) is 0 Å². The maximum atomic E-state index is 13.5. The Bertz CT molecular complexity index is 1320. The first-order chi connectivity index (χ1) is 15.9. The molecule has 2 atom stereocenters. The maximum Gasteiger partial charge on any atom is 0.363 e. The minimum absolute atomic E-state index is 0.187. The summed E-state index contributed by atoms with van der Waals surface area (Å²) in [5.41, 5.74) is 0.248. The van der Waals surface area contributed by atoms with E-state index < -0.39 is 41.1 Å². The molecule has 3 aliphatic carbocycles. The Morgan fingerprint density at radius 2 is 1.42 bits per heavy atom. The second-order valence-electron chi connectivity index (χ2n) is 8.37. The normalized spacial score (nSPS) is 26.6. The standard InChI is InChI=1S/C25H15Cl2NO5/c26-15-10-4-8-13-17-14-9-5-11-16(27)20(14)25(32,19(13)15)21-18(17)22(29)28(23(21)30)33-24(31)12-6-2-1-3-7-12/h1-11,17-18,21,32H/t17?,18-,21+,25?/m0/s1. The Balaban J connectivity index is 1.52. The van der Waals surface area contributed by atoms with E-state index in [9.17, 15) is 19.5 Å². The molecular formula is C25H15Cl2NO5. The number of hydroxylamine groups is 2. The third-order valence-electron chi connectivity index (χ3n) is 6.83. The second kappa shape index (κ2) is 6.90. The third-order valence-corrected chi connectivity index (χ3v) is 7.46. The Hall–Kier alpha value is -3.19. The van der Waals surface area contributed by atoms with Crippen LogP contribution < -0.4 is 0 Å². The van der Waals surface area contributed by atoms with Crippen molar-refractivity contribution in [2.24, 2.45) is 11.8 Å². The lowest BCUT2D eigenvalue weighted by Crippen LogP contribution is -2.54. The molecule has 1 fully saturated rings. The molecule has 1 saturated heterocycles. The molecule has 1 N–H and O–H groups in total. The van der Waals surface area contributed by atoms with Crippen molar-refractivity contribution < 1.29 is 24.3 Å². The maximum absolute atomic E-state index is 13.5. The van der Waals surface area contributed by atoms with Crippen molar-refractivity contribution in [2.75, 3.05) is 0 Å². The zero-order valence-electron chi connectivity index (χ0n) is 16.9. The Labute approximate surface area is 198 Å². The van der Waals surface area contributed by atoms with Crippen LogP contribution in [0.3, 0.4) is 0 Å². The first-order valence-corrected chi connectivity index (χ1v) is 11.1. The van der Waals surface area contributed by atoms with Gasteiger partial charge in [-0.2, -0.15) is 0 Å². The van der Waals surface area contributed by atoms with Crippen LogP contribution in [0.5, 0.6) is 0 Å². The summed E-state index contributed by atoms with van der Waals surface area (Å²) in [6, 6.07) is 18.3. The van der Waals surface area contributed by atoms with E-state index in [1.165, 1.54) is 12.1 Å². The van der Waals surface area contributed by atoms with Crippen LogP contribution in [0.25, 0.3) is 0 Å². The summed E-state index contributed by atoms with van der Waals surface area (Å²) in [4.78, 5) is 44.9. The smallest absolute Gasteiger partial charge is 0.363 e. The Morgan fingerprint density at radius 3 is 2.00 bits per heavy atom. The summed E-state index contributed by atoms with van der Waals surface area (Å²) in [5, 5.41) is 13.2. The molecule has 164 valence electrons. The fourth-order valence-electron chi connectivity index (χ4n) is 5.63. The third kappa shape index (κ3) is 2.51. The number of nitrogens with zero attached hydrogens (tertiary/aromatic N) is 1. The molecule has 2 bridgehead atoms. The van der Waals surface area contributed by atoms with Crippen molar-refractivity contribution in [3.05, 3.63) is 105 Å². The van der Waals surface area contributed by atoms with E-state index in [-0.39, 0.29) is 15.6 Å². The molecule has 0 radical (unpaired) electrons. The van der Waals surface area contributed by atoms with Crippen LogP contribution in [0.2, 0.25) is 10.0 Å². The molecule has 2 amide bonds. The van der Waals surface area contributed by atoms with Gasteiger partial charge in [-0.1, -0.05) is 65.7 Å². The number of amides is 2. The molecule has 0 saturated carbocycles. The van der Waals surface area contributed by atoms with Gasteiger partial charge in [0, 0.05) is 27.1 Å². The summed E-state index contributed by atoms with van der Waals surface area (Å²) in [5.74, 6) is -5.13. The van der Waals surface area contributed by atoms with Gasteiger partial charge in [0.1, 0.15) is 5.60 Å². The van der Waals surface area contributed by atoms with Gasteiger partial charge in [-0.05, 0) is 35.4 Å². The molecule has 7 rings (SSSR count). The lowest BCUT2D eigenvalue weighted by molar-refractivity contribution is -0.175. The molecule has 1 aliphatic heterocycles. The SMILES string of the molecule is O=C(ON1C(=O)[C@H]2C3c4cccc(Cl)c4C(O)(c4c(Cl)cccc43)[C@H]2C1=O)c1ccccc1. The van der Waals surface area contributed by atoms with Gasteiger partial charge < -0.3 is 9.94 Å². The highest BCUT2D eigenvalue weighted by molar-refractivity contribution is 6.33. The summed E-state index contributed by atoms with van der Waals surface area (Å²) >= 11 is 13.0. The van der Waals surface area contributed by atoms with Crippen molar-refractivity contribution in [2.45, 2.75) is 11.5 Å². The highest BCUT2D eigenvalue weighted by Gasteiger charge is 2.70. The van der Waals surface area contributed by atoms with Crippen molar-refractivity contribution in [3.63, 3.8) is 0 Å². The average molecular weight is 480 g/mol. The Morgan fingerprint density at radius 1 is 0.848 bits per heavy atom. The quantitative estimate of drug-likeness (QED) is 0.560. The highest BCUT2D eigenvalue weighted by atomic mass is 35.5. The number of carbonyl (C=O) groups excluding carboxylic acids is 3. The molecule has 0 aromatic heterocycles. The number of aliphatic hydroxyl groups is 1. The minimum Gasteiger partial charge on any atom is -0.379 e. The predicted octanol–water partition coefficient (Wildman–Crippen LogP) is 4.06. The lowest BCUT2D eigenvalue weighted by atomic mass is 9.52. The van der Waals surface area contributed by atoms with E-state index in [0.29, 0.717) is 27.3 Å². The molecule has 0 spiro atoms. The van der Waals surface area contributed by atoms with E-state index in [4.69, 9.17) is 28.0 Å². The van der Waals surface area contributed by atoms with Gasteiger partial charge in [-0.15, -0.1) is 5.06 Å². The van der Waals surface area contributed by atoms with E-state index in [1.54, 1.807) is 54.6 Å². The van der Waals surface area contributed by atoms with E-state index in [1.807, 2.05) is 0 Å². The van der Waals surface area contributed by atoms with Crippen LogP contribution >= 0.6 is 23.2 Å². The molecule has 33 heavy (non-hydrogen) atoms. The minimum atomic E-state index is -1.96. The first kappa shape index (κ1) is 20.4. The van der Waals surface area contributed by atoms with Gasteiger partial charge in [0.25, 0.3) is 11.8 Å². The van der Waals surface area contributed by atoms with E-state index in [2.05, 4.69) is 0 Å². The fraction of sp³-hybridized carbons (Fsp3) is 0.160. The number of hydrogen-bond donors (Lipinski definition) is 1. The van der Waals surface area contributed by atoms with E-state index >= 15 is 0 Å². The van der Waals surface area contributed by atoms with Gasteiger partial charge >= 0.3 is 5.97 Å². The van der Waals surface area contributed by atoms with Gasteiger partial charge in [0.05, 0.1) is 17.4 Å². The number of carbonyl (C=O) groups is 3. The number of hydrogen-bond acceptors (Lipinski definition) is 5. The van der Waals surface area contributed by atoms with Crippen molar-refractivity contribution in [1.82, 2.24) is 5.06 Å². The summed E-state index contributed by atoms with van der Waals surface area (Å²) in [6.07, 6.45) is 0. The highest BCUT2D eigenvalue weighted by Crippen LogP contribution is 2.65. The van der Waals surface area contributed by atoms with Crippen molar-refractivity contribution in [1.29, 1.82) is 0 Å². The van der Waals surface area contributed by atoms with Crippen LogP contribution in [0, 0.1) is 11.8 Å². The molecule has 8 heteroatoms. The summed E-state index contributed by atoms with van der Waals surface area (Å²) in [7, 11) is 0. The van der Waals surface area contributed by atoms with Gasteiger partial charge in [-0.25, -0.2) is 4.79 Å². The number of rotatable bonds is 2. The topological polar surface area (TPSA) is 83.9 Å². The van der Waals surface area contributed by atoms with E-state index in [0.717, 1.165) is 0 Å². The van der Waals surface area contributed by atoms with Crippen LogP contribution in [0.1, 0.15) is 38.5 Å². The summed E-state index contributed by atoms with van der Waals surface area (Å²) in [6.45, 7) is 0. The number of halogens is 2. The predicted molar refractivity (Wildman–Crippen MR) is 118 cm³/mol. The first-order valence-electron chi connectivity index (χ1n) is 10.3. The average Bonchev–Trinajstić information content (AvgIpc) is 3.06. The molecular weight excluding hydrogens is 465 g/mol. The molecule has 0 unspecified atom stereocenters. The van der Waals surface area contributed by atoms with Gasteiger partial charge in [0.2, 0.25) is 0 Å². The monoisotopic (exact) mass is 479 g/mol. The Kier molecular flexibility index (Phi) is 4.27. The zero-order valence-corrected chi connectivity index (χ0v) is 18.4. The lowest BCUT2D eigenvalue weighted by Gasteiger charge is -2.51. The van der Waals surface area contributed by atoms with Crippen LogP contribution in [-0.2, 0) is 20.0 Å². The second-order valence-corrected chi connectivity index (χ2v) is 9.19. The molecule has 3 aromatic carbocycles. The molecule has 1 heterocycles. The van der Waals surface area contributed by atoms with Crippen LogP contribution in [0.4, 0.5) is 0 Å². The van der Waals surface area contributed by atoms with Crippen molar-refractivity contribution >= 4 is 41.0 Å². The molecule has 6 nitrogen and oxygen atoms in total.